The second-order valence-electron chi connectivity index (χ2n) is 4.70. The smallest absolute Gasteiger partial charge is 0.323 e. The number of halogens is 1. The summed E-state index contributed by atoms with van der Waals surface area (Å²) in [5.41, 5.74) is 0.375. The number of carbonyl (C=O) groups is 1. The number of hydrogen-bond donors (Lipinski definition) is 0. The lowest BCUT2D eigenvalue weighted by atomic mass is 10.0. The molecule has 2 rings (SSSR count). The molecular weight excluding hydrogens is 314 g/mol. The van der Waals surface area contributed by atoms with Crippen LogP contribution in [0.25, 0.3) is 0 Å². The Morgan fingerprint density at radius 2 is 2.26 bits per heavy atom. The third kappa shape index (κ3) is 2.65. The number of nitrogens with zero attached hydrogens (tertiary/aromatic N) is 3. The maximum Gasteiger partial charge on any atom is 0.323 e. The van der Waals surface area contributed by atoms with E-state index in [2.05, 4.69) is 15.9 Å². The van der Waals surface area contributed by atoms with Gasteiger partial charge in [0.1, 0.15) is 0 Å². The van der Waals surface area contributed by atoms with Gasteiger partial charge in [0.05, 0.1) is 7.05 Å². The average Bonchev–Trinajstić information content (AvgIpc) is 2.80. The normalized spacial score (nSPS) is 19.5. The zero-order chi connectivity index (χ0) is 14.0. The van der Waals surface area contributed by atoms with Crippen LogP contribution in [0.4, 0.5) is 5.82 Å². The molecule has 0 bridgehead atoms. The second kappa shape index (κ2) is 5.73. The lowest BCUT2D eigenvalue weighted by Crippen LogP contribution is -2.45. The second-order valence-corrected chi connectivity index (χ2v) is 5.34. The number of hydrogen-bond acceptors (Lipinski definition) is 3. The van der Waals surface area contributed by atoms with Crippen LogP contribution in [0.2, 0.25) is 0 Å². The summed E-state index contributed by atoms with van der Waals surface area (Å²) >= 11 is 3.43. The first kappa shape index (κ1) is 14.0. The van der Waals surface area contributed by atoms with E-state index in [1.54, 1.807) is 7.05 Å². The van der Waals surface area contributed by atoms with Crippen molar-refractivity contribution in [3.8, 4) is 0 Å². The molecule has 6 nitrogen and oxygen atoms in total. The van der Waals surface area contributed by atoms with E-state index in [9.17, 15) is 14.9 Å². The maximum atomic E-state index is 12.5. The minimum Gasteiger partial charge on any atom is -0.358 e. The summed E-state index contributed by atoms with van der Waals surface area (Å²) < 4.78 is 1.35. The van der Waals surface area contributed by atoms with Crippen LogP contribution < -0.4 is 0 Å². The number of alkyl halides is 1. The molecule has 1 fully saturated rings. The topological polar surface area (TPSA) is 68.4 Å². The summed E-state index contributed by atoms with van der Waals surface area (Å²) in [6.45, 7) is 0.716. The van der Waals surface area contributed by atoms with E-state index in [4.69, 9.17) is 0 Å². The molecule has 0 spiro atoms. The zero-order valence-corrected chi connectivity index (χ0v) is 12.3. The van der Waals surface area contributed by atoms with Crippen LogP contribution in [-0.4, -0.2) is 38.2 Å². The van der Waals surface area contributed by atoms with Crippen molar-refractivity contribution in [2.75, 3.05) is 11.9 Å². The van der Waals surface area contributed by atoms with E-state index in [0.29, 0.717) is 12.2 Å². The quantitative estimate of drug-likeness (QED) is 0.485. The van der Waals surface area contributed by atoms with E-state index >= 15 is 0 Å². The van der Waals surface area contributed by atoms with E-state index in [1.807, 2.05) is 4.90 Å². The van der Waals surface area contributed by atoms with Crippen molar-refractivity contribution in [1.29, 1.82) is 0 Å². The number of carbonyl (C=O) groups excluding carboxylic acids is 1. The van der Waals surface area contributed by atoms with Crippen molar-refractivity contribution >= 4 is 27.7 Å². The SMILES string of the molecule is Cn1c(C(=O)N2CCCCC2CBr)ccc1[N+](=O)[O-]. The minimum atomic E-state index is -0.477. The number of nitro groups is 1. The number of amides is 1. The largest absolute Gasteiger partial charge is 0.358 e. The van der Waals surface area contributed by atoms with Crippen LogP contribution in [0.15, 0.2) is 12.1 Å². The third-order valence-electron chi connectivity index (χ3n) is 3.57. The number of aromatic nitrogens is 1. The van der Waals surface area contributed by atoms with E-state index in [0.717, 1.165) is 24.6 Å². The Kier molecular flexibility index (Phi) is 4.24. The molecule has 0 aromatic carbocycles. The summed E-state index contributed by atoms with van der Waals surface area (Å²) in [5.74, 6) is -0.185. The highest BCUT2D eigenvalue weighted by Crippen LogP contribution is 2.23. The summed E-state index contributed by atoms with van der Waals surface area (Å²) in [6.07, 6.45) is 3.08. The molecule has 1 aliphatic rings. The molecule has 1 saturated heterocycles. The highest BCUT2D eigenvalue weighted by Gasteiger charge is 2.31. The first-order valence-electron chi connectivity index (χ1n) is 6.23. The van der Waals surface area contributed by atoms with Gasteiger partial charge in [0.25, 0.3) is 5.91 Å². The van der Waals surface area contributed by atoms with Crippen molar-refractivity contribution in [2.24, 2.45) is 7.05 Å². The first-order valence-corrected chi connectivity index (χ1v) is 7.35. The fourth-order valence-electron chi connectivity index (χ4n) is 2.47. The fraction of sp³-hybridized carbons (Fsp3) is 0.583. The van der Waals surface area contributed by atoms with Gasteiger partial charge in [-0.05, 0) is 30.3 Å². The van der Waals surface area contributed by atoms with Gasteiger partial charge in [0.2, 0.25) is 0 Å². The molecule has 1 aliphatic heterocycles. The number of piperidine rings is 1. The predicted octanol–water partition coefficient (Wildman–Crippen LogP) is 2.32. The third-order valence-corrected chi connectivity index (χ3v) is 4.31. The van der Waals surface area contributed by atoms with Gasteiger partial charge in [-0.1, -0.05) is 15.9 Å². The molecule has 104 valence electrons. The number of rotatable bonds is 3. The monoisotopic (exact) mass is 329 g/mol. The molecule has 0 saturated carbocycles. The van der Waals surface area contributed by atoms with Gasteiger partial charge < -0.3 is 15.0 Å². The van der Waals surface area contributed by atoms with E-state index in [1.165, 1.54) is 16.7 Å². The molecular formula is C12H16BrN3O3. The molecule has 1 aromatic heterocycles. The predicted molar refractivity (Wildman–Crippen MR) is 74.5 cm³/mol. The molecule has 0 N–H and O–H groups in total. The minimum absolute atomic E-state index is 0.0595. The zero-order valence-electron chi connectivity index (χ0n) is 10.7. The van der Waals surface area contributed by atoms with Crippen LogP contribution in [0, 0.1) is 10.1 Å². The summed E-state index contributed by atoms with van der Waals surface area (Å²) in [5, 5.41) is 11.5. The van der Waals surface area contributed by atoms with Gasteiger partial charge in [0.15, 0.2) is 5.69 Å². The molecule has 7 heteroatoms. The molecule has 0 radical (unpaired) electrons. The van der Waals surface area contributed by atoms with Gasteiger partial charge in [-0.15, -0.1) is 0 Å². The Balaban J connectivity index is 2.26. The molecule has 19 heavy (non-hydrogen) atoms. The average molecular weight is 330 g/mol. The van der Waals surface area contributed by atoms with Crippen molar-refractivity contribution < 1.29 is 9.72 Å². The van der Waals surface area contributed by atoms with Gasteiger partial charge >= 0.3 is 5.82 Å². The molecule has 1 atom stereocenters. The number of likely N-dealkylation sites (tertiary alicyclic amines) is 1. The summed E-state index contributed by atoms with van der Waals surface area (Å²) in [6, 6.07) is 3.08. The van der Waals surface area contributed by atoms with Gasteiger partial charge in [-0.2, -0.15) is 0 Å². The van der Waals surface area contributed by atoms with Crippen LogP contribution in [0.3, 0.4) is 0 Å². The Hall–Kier alpha value is -1.37. The van der Waals surface area contributed by atoms with Crippen molar-refractivity contribution in [1.82, 2.24) is 9.47 Å². The van der Waals surface area contributed by atoms with Crippen LogP contribution in [0.1, 0.15) is 29.8 Å². The standard InChI is InChI=1S/C12H16BrN3O3/c1-14-10(5-6-11(14)16(18)19)12(17)15-7-3-2-4-9(15)8-13/h5-6,9H,2-4,7-8H2,1H3. The van der Waals surface area contributed by atoms with Crippen LogP contribution in [0.5, 0.6) is 0 Å². The Bertz CT molecular complexity index is 500. The van der Waals surface area contributed by atoms with Gasteiger partial charge in [0, 0.05) is 24.0 Å². The molecule has 2 heterocycles. The fourth-order valence-corrected chi connectivity index (χ4v) is 3.15. The highest BCUT2D eigenvalue weighted by molar-refractivity contribution is 9.09. The van der Waals surface area contributed by atoms with Crippen LogP contribution >= 0.6 is 15.9 Å². The van der Waals surface area contributed by atoms with Gasteiger partial charge in [-0.3, -0.25) is 4.79 Å². The lowest BCUT2D eigenvalue weighted by Gasteiger charge is -2.34. The van der Waals surface area contributed by atoms with Crippen molar-refractivity contribution in [3.05, 3.63) is 27.9 Å². The van der Waals surface area contributed by atoms with Crippen molar-refractivity contribution in [2.45, 2.75) is 25.3 Å². The first-order chi connectivity index (χ1) is 9.06. The van der Waals surface area contributed by atoms with E-state index < -0.39 is 4.92 Å². The van der Waals surface area contributed by atoms with Crippen molar-refractivity contribution in [3.63, 3.8) is 0 Å². The Morgan fingerprint density at radius 1 is 1.53 bits per heavy atom. The van der Waals surface area contributed by atoms with Gasteiger partial charge in [-0.25, -0.2) is 4.57 Å². The molecule has 0 aliphatic carbocycles. The molecule has 1 unspecified atom stereocenters. The highest BCUT2D eigenvalue weighted by atomic mass is 79.9. The molecule has 1 aromatic rings. The van der Waals surface area contributed by atoms with E-state index in [-0.39, 0.29) is 17.8 Å². The Labute approximate surface area is 119 Å². The van der Waals surface area contributed by atoms with Crippen LogP contribution in [-0.2, 0) is 7.05 Å². The maximum absolute atomic E-state index is 12.5. The lowest BCUT2D eigenvalue weighted by molar-refractivity contribution is -0.391. The summed E-state index contributed by atoms with van der Waals surface area (Å²) in [4.78, 5) is 24.6. The molecule has 1 amide bonds. The Morgan fingerprint density at radius 3 is 2.84 bits per heavy atom. The summed E-state index contributed by atoms with van der Waals surface area (Å²) in [7, 11) is 1.55.